The smallest absolute Gasteiger partial charge is 0.124 e. The molecule has 0 saturated heterocycles. The van der Waals surface area contributed by atoms with Gasteiger partial charge in [-0.2, -0.15) is 0 Å². The number of benzene rings is 3. The molecule has 0 spiro atoms. The van der Waals surface area contributed by atoms with Crippen molar-refractivity contribution in [1.82, 2.24) is 0 Å². The topological polar surface area (TPSA) is 21.3 Å². The van der Waals surface area contributed by atoms with E-state index in [0.717, 1.165) is 27.0 Å². The van der Waals surface area contributed by atoms with E-state index in [4.69, 9.17) is 27.9 Å². The summed E-state index contributed by atoms with van der Waals surface area (Å²) in [7, 11) is 0. The molecule has 1 N–H and O–H groups in total. The molecule has 0 aliphatic carbocycles. The van der Waals surface area contributed by atoms with E-state index in [1.54, 1.807) is 0 Å². The average Bonchev–Trinajstić information content (AvgIpc) is 2.63. The molecule has 0 amide bonds. The third-order valence-corrected chi connectivity index (χ3v) is 5.65. The Kier molecular flexibility index (Phi) is 6.69. The third-order valence-electron chi connectivity index (χ3n) is 4.45. The molecule has 0 heterocycles. The van der Waals surface area contributed by atoms with Crippen LogP contribution in [0.2, 0.25) is 10.0 Å². The van der Waals surface area contributed by atoms with E-state index in [-0.39, 0.29) is 0 Å². The summed E-state index contributed by atoms with van der Waals surface area (Å²) in [5, 5.41) is 4.68. The Balaban J connectivity index is 1.75. The number of rotatable bonds is 6. The van der Waals surface area contributed by atoms with Crippen molar-refractivity contribution in [2.45, 2.75) is 27.0 Å². The number of nitrogens with one attached hydrogen (secondary N) is 1. The molecule has 0 unspecified atom stereocenters. The highest BCUT2D eigenvalue weighted by atomic mass is 79.9. The van der Waals surface area contributed by atoms with Gasteiger partial charge in [-0.1, -0.05) is 51.3 Å². The van der Waals surface area contributed by atoms with Crippen molar-refractivity contribution < 1.29 is 4.74 Å². The lowest BCUT2D eigenvalue weighted by atomic mass is 10.1. The molecule has 0 aromatic heterocycles. The molecule has 0 fully saturated rings. The maximum Gasteiger partial charge on any atom is 0.124 e. The Morgan fingerprint density at radius 1 is 0.926 bits per heavy atom. The molecule has 0 aliphatic heterocycles. The second-order valence-electron chi connectivity index (χ2n) is 6.39. The van der Waals surface area contributed by atoms with E-state index in [9.17, 15) is 0 Å². The Morgan fingerprint density at radius 2 is 1.67 bits per heavy atom. The molecule has 0 saturated carbocycles. The molecule has 27 heavy (non-hydrogen) atoms. The number of hydrogen-bond donors (Lipinski definition) is 1. The lowest BCUT2D eigenvalue weighted by Crippen LogP contribution is -2.05. The van der Waals surface area contributed by atoms with Crippen LogP contribution in [0, 0.1) is 13.8 Å². The first kappa shape index (κ1) is 20.1. The minimum absolute atomic E-state index is 0.316. The Morgan fingerprint density at radius 3 is 2.37 bits per heavy atom. The van der Waals surface area contributed by atoms with Crippen LogP contribution in [0.25, 0.3) is 0 Å². The van der Waals surface area contributed by atoms with Crippen LogP contribution in [0.4, 0.5) is 5.69 Å². The fraction of sp³-hybridized carbons (Fsp3) is 0.182. The van der Waals surface area contributed by atoms with Gasteiger partial charge in [0.2, 0.25) is 0 Å². The summed E-state index contributed by atoms with van der Waals surface area (Å²) in [6, 6.07) is 17.8. The van der Waals surface area contributed by atoms with Gasteiger partial charge in [0.25, 0.3) is 0 Å². The molecular weight excluding hydrogens is 445 g/mol. The van der Waals surface area contributed by atoms with Gasteiger partial charge in [-0.15, -0.1) is 0 Å². The predicted molar refractivity (Wildman–Crippen MR) is 118 cm³/mol. The normalized spacial score (nSPS) is 10.7. The average molecular weight is 465 g/mol. The van der Waals surface area contributed by atoms with Crippen molar-refractivity contribution in [2.75, 3.05) is 5.32 Å². The number of ether oxygens (including phenoxy) is 1. The quantitative estimate of drug-likeness (QED) is 0.406. The van der Waals surface area contributed by atoms with Gasteiger partial charge >= 0.3 is 0 Å². The zero-order chi connectivity index (χ0) is 19.4. The van der Waals surface area contributed by atoms with Crippen molar-refractivity contribution in [3.05, 3.63) is 91.4 Å². The van der Waals surface area contributed by atoms with E-state index in [2.05, 4.69) is 59.4 Å². The summed E-state index contributed by atoms with van der Waals surface area (Å²) in [5.41, 5.74) is 5.46. The first-order chi connectivity index (χ1) is 12.9. The van der Waals surface area contributed by atoms with E-state index in [1.165, 1.54) is 11.1 Å². The van der Waals surface area contributed by atoms with Crippen LogP contribution >= 0.6 is 39.1 Å². The van der Waals surface area contributed by atoms with E-state index in [1.807, 2.05) is 30.3 Å². The Bertz CT molecular complexity index is 939. The van der Waals surface area contributed by atoms with Crippen LogP contribution in [-0.4, -0.2) is 0 Å². The van der Waals surface area contributed by atoms with Crippen LogP contribution in [0.3, 0.4) is 0 Å². The van der Waals surface area contributed by atoms with Gasteiger partial charge in [-0.25, -0.2) is 0 Å². The van der Waals surface area contributed by atoms with Gasteiger partial charge in [0.05, 0.1) is 0 Å². The fourth-order valence-electron chi connectivity index (χ4n) is 2.70. The molecule has 0 radical (unpaired) electrons. The van der Waals surface area contributed by atoms with Gasteiger partial charge in [0, 0.05) is 37.9 Å². The van der Waals surface area contributed by atoms with Crippen LogP contribution in [0.1, 0.15) is 22.3 Å². The van der Waals surface area contributed by atoms with Gasteiger partial charge in [0.1, 0.15) is 12.4 Å². The van der Waals surface area contributed by atoms with E-state index in [0.29, 0.717) is 23.2 Å². The van der Waals surface area contributed by atoms with Crippen molar-refractivity contribution in [2.24, 2.45) is 0 Å². The minimum atomic E-state index is 0.316. The largest absolute Gasteiger partial charge is 0.488 e. The fourth-order valence-corrected chi connectivity index (χ4v) is 3.61. The zero-order valence-corrected chi connectivity index (χ0v) is 18.3. The molecule has 140 valence electrons. The number of halogens is 3. The van der Waals surface area contributed by atoms with Gasteiger partial charge in [-0.05, 0) is 67.4 Å². The highest BCUT2D eigenvalue weighted by molar-refractivity contribution is 9.10. The van der Waals surface area contributed by atoms with Gasteiger partial charge in [0.15, 0.2) is 0 Å². The lowest BCUT2D eigenvalue weighted by Gasteiger charge is -2.15. The number of anilines is 1. The summed E-state index contributed by atoms with van der Waals surface area (Å²) in [6.45, 7) is 5.19. The van der Waals surface area contributed by atoms with Crippen molar-refractivity contribution >= 4 is 44.8 Å². The SMILES string of the molecule is Cc1ccc(NCc2cc(Br)ccc2OCc2c(Cl)cccc2Cl)cc1C. The number of aryl methyl sites for hydroxylation is 2. The monoisotopic (exact) mass is 463 g/mol. The highest BCUT2D eigenvalue weighted by Crippen LogP contribution is 2.29. The highest BCUT2D eigenvalue weighted by Gasteiger charge is 2.10. The molecule has 3 rings (SSSR count). The summed E-state index contributed by atoms with van der Waals surface area (Å²) < 4.78 is 7.04. The van der Waals surface area contributed by atoms with Crippen LogP contribution < -0.4 is 10.1 Å². The summed E-state index contributed by atoms with van der Waals surface area (Å²) in [6.07, 6.45) is 0. The van der Waals surface area contributed by atoms with Crippen molar-refractivity contribution in [1.29, 1.82) is 0 Å². The van der Waals surface area contributed by atoms with E-state index < -0.39 is 0 Å². The van der Waals surface area contributed by atoms with Crippen LogP contribution in [0.15, 0.2) is 59.1 Å². The molecule has 3 aromatic rings. The molecule has 0 bridgehead atoms. The van der Waals surface area contributed by atoms with Crippen molar-refractivity contribution in [3.8, 4) is 5.75 Å². The first-order valence-corrected chi connectivity index (χ1v) is 10.1. The number of hydrogen-bond acceptors (Lipinski definition) is 2. The Labute approximate surface area is 178 Å². The second kappa shape index (κ2) is 9.01. The molecule has 5 heteroatoms. The van der Waals surface area contributed by atoms with Gasteiger partial charge in [-0.3, -0.25) is 0 Å². The van der Waals surface area contributed by atoms with Gasteiger partial charge < -0.3 is 10.1 Å². The van der Waals surface area contributed by atoms with Crippen LogP contribution in [-0.2, 0) is 13.2 Å². The maximum atomic E-state index is 6.25. The van der Waals surface area contributed by atoms with Crippen molar-refractivity contribution in [3.63, 3.8) is 0 Å². The maximum absolute atomic E-state index is 6.25. The summed E-state index contributed by atoms with van der Waals surface area (Å²) >= 11 is 16.0. The summed E-state index contributed by atoms with van der Waals surface area (Å²) in [5.74, 6) is 0.797. The molecule has 2 nitrogen and oxygen atoms in total. The molecule has 3 aromatic carbocycles. The van der Waals surface area contributed by atoms with Crippen LogP contribution in [0.5, 0.6) is 5.75 Å². The zero-order valence-electron chi connectivity index (χ0n) is 15.2. The predicted octanol–water partition coefficient (Wildman–Crippen LogP) is 7.56. The van der Waals surface area contributed by atoms with E-state index >= 15 is 0 Å². The Hall–Kier alpha value is -1.68. The first-order valence-electron chi connectivity index (χ1n) is 8.59. The minimum Gasteiger partial charge on any atom is -0.488 e. The molecule has 0 atom stereocenters. The third kappa shape index (κ3) is 5.19. The molecule has 0 aliphatic rings. The standard InChI is InChI=1S/C22H20BrCl2NO/c1-14-6-8-18(10-15(14)2)26-12-16-11-17(23)7-9-22(16)27-13-19-20(24)4-3-5-21(19)25/h3-11,26H,12-13H2,1-2H3. The second-order valence-corrected chi connectivity index (χ2v) is 8.12. The molecular formula is C22H20BrCl2NO. The lowest BCUT2D eigenvalue weighted by molar-refractivity contribution is 0.303. The summed E-state index contributed by atoms with van der Waals surface area (Å²) in [4.78, 5) is 0.